The third kappa shape index (κ3) is 4.15. The molecule has 0 bridgehead atoms. The number of rotatable bonds is 5. The number of para-hydroxylation sites is 1. The Balaban J connectivity index is 3.04. The number of nitrogens with one attached hydrogen (secondary N) is 1. The molecule has 0 unspecified atom stereocenters. The van der Waals surface area contributed by atoms with Gasteiger partial charge in [-0.1, -0.05) is 12.0 Å². The first-order chi connectivity index (χ1) is 10.0. The minimum absolute atomic E-state index is 0.167. The topological polar surface area (TPSA) is 103 Å². The largest absolute Gasteiger partial charge is 0.495 e. The zero-order valence-corrected chi connectivity index (χ0v) is 11.3. The van der Waals surface area contributed by atoms with Crippen LogP contribution in [0.4, 0.5) is 10.5 Å². The number of carboxylic acid groups (broad SMARTS) is 1. The first-order valence-electron chi connectivity index (χ1n) is 5.81. The maximum atomic E-state index is 12.1. The lowest BCUT2D eigenvalue weighted by Gasteiger charge is -2.20. The molecule has 2 amide bonds. The normalized spacial score (nSPS) is 9.10. The third-order valence-electron chi connectivity index (χ3n) is 2.49. The quantitative estimate of drug-likeness (QED) is 0.790. The number of carbonyl (C=O) groups is 2. The number of hydrogen-bond donors (Lipinski definition) is 2. The summed E-state index contributed by atoms with van der Waals surface area (Å²) in [6.45, 7) is -0.720. The Morgan fingerprint density at radius 3 is 2.76 bits per heavy atom. The highest BCUT2D eigenvalue weighted by molar-refractivity contribution is 5.94. The summed E-state index contributed by atoms with van der Waals surface area (Å²) in [7, 11) is 1.39. The van der Waals surface area contributed by atoms with E-state index in [0.717, 1.165) is 4.90 Å². The molecule has 0 atom stereocenters. The van der Waals surface area contributed by atoms with E-state index in [4.69, 9.17) is 21.5 Å². The van der Waals surface area contributed by atoms with Crippen LogP contribution >= 0.6 is 0 Å². The highest BCUT2D eigenvalue weighted by Crippen LogP contribution is 2.28. The highest BCUT2D eigenvalue weighted by atomic mass is 16.5. The Morgan fingerprint density at radius 2 is 2.24 bits per heavy atom. The Kier molecular flexibility index (Phi) is 5.60. The van der Waals surface area contributed by atoms with Crippen LogP contribution in [-0.2, 0) is 4.79 Å². The van der Waals surface area contributed by atoms with Crippen LogP contribution in [0.25, 0.3) is 0 Å². The number of methoxy groups -OCH3 is 1. The molecule has 0 heterocycles. The SMILES string of the molecule is C#CCN(CC(=O)O)C(=O)Nc1c(C#N)cccc1OC. The van der Waals surface area contributed by atoms with Crippen molar-refractivity contribution < 1.29 is 19.4 Å². The van der Waals surface area contributed by atoms with Crippen LogP contribution in [0.2, 0.25) is 0 Å². The number of ether oxygens (including phenoxy) is 1. The lowest BCUT2D eigenvalue weighted by Crippen LogP contribution is -2.39. The Morgan fingerprint density at radius 1 is 1.52 bits per heavy atom. The first-order valence-corrected chi connectivity index (χ1v) is 5.81. The molecule has 0 radical (unpaired) electrons. The Bertz CT molecular complexity index is 628. The van der Waals surface area contributed by atoms with Gasteiger partial charge < -0.3 is 20.1 Å². The fourth-order valence-electron chi connectivity index (χ4n) is 1.58. The number of benzene rings is 1. The molecule has 0 aliphatic carbocycles. The van der Waals surface area contributed by atoms with Crippen molar-refractivity contribution in [2.24, 2.45) is 0 Å². The van der Waals surface area contributed by atoms with Crippen LogP contribution in [0.15, 0.2) is 18.2 Å². The van der Waals surface area contributed by atoms with E-state index in [9.17, 15) is 9.59 Å². The van der Waals surface area contributed by atoms with Gasteiger partial charge in [0.2, 0.25) is 0 Å². The molecule has 2 N–H and O–H groups in total. The molecule has 1 aromatic carbocycles. The number of nitrogens with zero attached hydrogens (tertiary/aromatic N) is 2. The fourth-order valence-corrected chi connectivity index (χ4v) is 1.58. The monoisotopic (exact) mass is 287 g/mol. The lowest BCUT2D eigenvalue weighted by atomic mass is 10.2. The lowest BCUT2D eigenvalue weighted by molar-refractivity contribution is -0.137. The van der Waals surface area contributed by atoms with Crippen LogP contribution in [0.5, 0.6) is 5.75 Å². The summed E-state index contributed by atoms with van der Waals surface area (Å²) in [4.78, 5) is 23.7. The summed E-state index contributed by atoms with van der Waals surface area (Å²) in [5, 5.41) is 20.3. The van der Waals surface area contributed by atoms with Gasteiger partial charge in [0.1, 0.15) is 24.1 Å². The van der Waals surface area contributed by atoms with Crippen molar-refractivity contribution in [2.45, 2.75) is 0 Å². The number of urea groups is 1. The molecule has 7 nitrogen and oxygen atoms in total. The second-order valence-electron chi connectivity index (χ2n) is 3.88. The zero-order valence-electron chi connectivity index (χ0n) is 11.3. The van der Waals surface area contributed by atoms with Gasteiger partial charge in [0, 0.05) is 0 Å². The number of aliphatic carboxylic acids is 1. The number of terminal acetylenes is 1. The molecule has 0 spiro atoms. The average Bonchev–Trinajstić information content (AvgIpc) is 2.46. The van der Waals surface area contributed by atoms with Gasteiger partial charge in [0.25, 0.3) is 0 Å². The van der Waals surface area contributed by atoms with E-state index >= 15 is 0 Å². The van der Waals surface area contributed by atoms with Gasteiger partial charge in [0.05, 0.1) is 19.2 Å². The summed E-state index contributed by atoms with van der Waals surface area (Å²) < 4.78 is 5.07. The molecule has 0 aromatic heterocycles. The highest BCUT2D eigenvalue weighted by Gasteiger charge is 2.19. The van der Waals surface area contributed by atoms with E-state index in [1.807, 2.05) is 6.07 Å². The molecule has 0 aliphatic rings. The number of amides is 2. The molecule has 7 heteroatoms. The summed E-state index contributed by atoms with van der Waals surface area (Å²) in [6.07, 6.45) is 5.11. The van der Waals surface area contributed by atoms with Crippen LogP contribution in [0.1, 0.15) is 5.56 Å². The Hall–Kier alpha value is -3.19. The maximum absolute atomic E-state index is 12.1. The van der Waals surface area contributed by atoms with Gasteiger partial charge in [-0.25, -0.2) is 4.79 Å². The molecule has 21 heavy (non-hydrogen) atoms. The van der Waals surface area contributed by atoms with Crippen molar-refractivity contribution in [3.63, 3.8) is 0 Å². The summed E-state index contributed by atoms with van der Waals surface area (Å²) >= 11 is 0. The van der Waals surface area contributed by atoms with Crippen molar-refractivity contribution in [2.75, 3.05) is 25.5 Å². The molecule has 0 saturated carbocycles. The van der Waals surface area contributed by atoms with Gasteiger partial charge in [-0.05, 0) is 12.1 Å². The first kappa shape index (κ1) is 15.9. The Labute approximate surface area is 121 Å². The van der Waals surface area contributed by atoms with E-state index in [1.165, 1.54) is 13.2 Å². The van der Waals surface area contributed by atoms with E-state index < -0.39 is 18.5 Å². The van der Waals surface area contributed by atoms with E-state index in [1.54, 1.807) is 12.1 Å². The van der Waals surface area contributed by atoms with Gasteiger partial charge >= 0.3 is 12.0 Å². The van der Waals surface area contributed by atoms with Crippen LogP contribution in [0, 0.1) is 23.7 Å². The number of anilines is 1. The average molecular weight is 287 g/mol. The minimum atomic E-state index is -1.19. The van der Waals surface area contributed by atoms with Crippen LogP contribution in [-0.4, -0.2) is 42.2 Å². The van der Waals surface area contributed by atoms with Crippen LogP contribution in [0.3, 0.4) is 0 Å². The van der Waals surface area contributed by atoms with Crippen molar-refractivity contribution in [1.82, 2.24) is 4.90 Å². The number of nitriles is 1. The van der Waals surface area contributed by atoms with Crippen molar-refractivity contribution in [1.29, 1.82) is 5.26 Å². The number of carboxylic acids is 1. The van der Waals surface area contributed by atoms with E-state index in [2.05, 4.69) is 11.2 Å². The van der Waals surface area contributed by atoms with Gasteiger partial charge in [-0.3, -0.25) is 4.79 Å². The third-order valence-corrected chi connectivity index (χ3v) is 2.49. The second kappa shape index (κ2) is 7.41. The summed E-state index contributed by atoms with van der Waals surface area (Å²) in [5.74, 6) is 1.30. The van der Waals surface area contributed by atoms with Gasteiger partial charge in [0.15, 0.2) is 0 Å². The molecule has 0 aliphatic heterocycles. The molecule has 0 fully saturated rings. The van der Waals surface area contributed by atoms with Crippen molar-refractivity contribution in [3.8, 4) is 24.2 Å². The van der Waals surface area contributed by atoms with Crippen LogP contribution < -0.4 is 10.1 Å². The number of carbonyl (C=O) groups excluding carboxylic acids is 1. The molecule has 0 saturated heterocycles. The fraction of sp³-hybridized carbons (Fsp3) is 0.214. The zero-order chi connectivity index (χ0) is 15.8. The molecule has 1 aromatic rings. The maximum Gasteiger partial charge on any atom is 0.323 e. The number of hydrogen-bond acceptors (Lipinski definition) is 4. The predicted octanol–water partition coefficient (Wildman–Crippen LogP) is 1.12. The van der Waals surface area contributed by atoms with E-state index in [0.29, 0.717) is 5.75 Å². The van der Waals surface area contributed by atoms with Crippen molar-refractivity contribution in [3.05, 3.63) is 23.8 Å². The van der Waals surface area contributed by atoms with Gasteiger partial charge in [-0.2, -0.15) is 5.26 Å². The summed E-state index contributed by atoms with van der Waals surface area (Å²) in [6, 6.07) is 5.86. The molecule has 1 rings (SSSR count). The summed E-state index contributed by atoms with van der Waals surface area (Å²) in [5.41, 5.74) is 0.360. The van der Waals surface area contributed by atoms with E-state index in [-0.39, 0.29) is 17.8 Å². The molecular weight excluding hydrogens is 274 g/mol. The second-order valence-corrected chi connectivity index (χ2v) is 3.88. The van der Waals surface area contributed by atoms with Gasteiger partial charge in [-0.15, -0.1) is 6.42 Å². The predicted molar refractivity (Wildman–Crippen MR) is 74.8 cm³/mol. The standard InChI is InChI=1S/C14H13N3O4/c1-3-7-17(9-12(18)19)14(20)16-13-10(8-15)5-4-6-11(13)21-2/h1,4-6H,7,9H2,2H3,(H,16,20)(H,18,19). The molecular formula is C14H13N3O4. The minimum Gasteiger partial charge on any atom is -0.495 e. The smallest absolute Gasteiger partial charge is 0.323 e. The molecule has 108 valence electrons. The van der Waals surface area contributed by atoms with Crippen molar-refractivity contribution >= 4 is 17.7 Å².